The predicted octanol–water partition coefficient (Wildman–Crippen LogP) is 3.57. The fourth-order valence-electron chi connectivity index (χ4n) is 2.56. The van der Waals surface area contributed by atoms with Crippen molar-refractivity contribution >= 4 is 44.6 Å². The van der Waals surface area contributed by atoms with Gasteiger partial charge in [-0.15, -0.1) is 0 Å². The average Bonchev–Trinajstić information content (AvgIpc) is 2.74. The van der Waals surface area contributed by atoms with E-state index in [1.54, 1.807) is 24.3 Å². The third-order valence-electron chi connectivity index (χ3n) is 4.12. The standard InChI is InChI=1S/C21H19FN4O3S2/c1-14-9-11-17(12-10-14)31(28,29)26-16-6-4-5-15(13-16)20(27)24-25-21(30)23-19-8-3-2-7-18(19)22/h2-13,26H,1H3,(H,24,27)(H2,23,25,30). The Bertz CT molecular complexity index is 1220. The van der Waals surface area contributed by atoms with Gasteiger partial charge in [0.25, 0.3) is 15.9 Å². The van der Waals surface area contributed by atoms with Crippen LogP contribution in [-0.4, -0.2) is 19.4 Å². The number of hydrogen-bond acceptors (Lipinski definition) is 4. The van der Waals surface area contributed by atoms with Crippen LogP contribution in [0.4, 0.5) is 15.8 Å². The number of hydrogen-bond donors (Lipinski definition) is 4. The van der Waals surface area contributed by atoms with Crippen LogP contribution in [0.15, 0.2) is 77.7 Å². The molecule has 0 aliphatic rings. The average molecular weight is 459 g/mol. The van der Waals surface area contributed by atoms with Crippen molar-refractivity contribution in [3.05, 3.63) is 89.7 Å². The summed E-state index contributed by atoms with van der Waals surface area (Å²) in [6.07, 6.45) is 0. The number of carbonyl (C=O) groups excluding carboxylic acids is 1. The summed E-state index contributed by atoms with van der Waals surface area (Å²) >= 11 is 5.03. The van der Waals surface area contributed by atoms with E-state index < -0.39 is 21.7 Å². The van der Waals surface area contributed by atoms with Gasteiger partial charge in [-0.2, -0.15) is 0 Å². The number of hydrazine groups is 1. The zero-order chi connectivity index (χ0) is 22.4. The van der Waals surface area contributed by atoms with Crippen molar-refractivity contribution in [2.45, 2.75) is 11.8 Å². The Labute approximate surface area is 184 Å². The van der Waals surface area contributed by atoms with E-state index in [2.05, 4.69) is 20.9 Å². The van der Waals surface area contributed by atoms with Crippen molar-refractivity contribution in [3.63, 3.8) is 0 Å². The molecular formula is C21H19FN4O3S2. The van der Waals surface area contributed by atoms with E-state index in [-0.39, 0.29) is 26.9 Å². The fraction of sp³-hybridized carbons (Fsp3) is 0.0476. The highest BCUT2D eigenvalue weighted by atomic mass is 32.2. The number of para-hydroxylation sites is 1. The molecule has 3 rings (SSSR count). The topological polar surface area (TPSA) is 99.3 Å². The van der Waals surface area contributed by atoms with Gasteiger partial charge in [0.05, 0.1) is 10.6 Å². The van der Waals surface area contributed by atoms with E-state index in [9.17, 15) is 17.6 Å². The molecule has 3 aromatic carbocycles. The first-order valence-electron chi connectivity index (χ1n) is 9.06. The summed E-state index contributed by atoms with van der Waals surface area (Å²) in [5.41, 5.74) is 6.34. The van der Waals surface area contributed by atoms with Crippen LogP contribution < -0.4 is 20.9 Å². The summed E-state index contributed by atoms with van der Waals surface area (Å²) in [5.74, 6) is -1.05. The molecule has 0 atom stereocenters. The lowest BCUT2D eigenvalue weighted by Gasteiger charge is -2.13. The molecule has 10 heteroatoms. The van der Waals surface area contributed by atoms with Crippen molar-refractivity contribution in [2.24, 2.45) is 0 Å². The van der Waals surface area contributed by atoms with Gasteiger partial charge in [-0.05, 0) is 61.6 Å². The summed E-state index contributed by atoms with van der Waals surface area (Å²) in [6, 6.07) is 18.3. The van der Waals surface area contributed by atoms with Crippen LogP contribution in [0.5, 0.6) is 0 Å². The molecule has 0 saturated carbocycles. The molecule has 0 fully saturated rings. The van der Waals surface area contributed by atoms with Crippen LogP contribution in [0, 0.1) is 12.7 Å². The maximum absolute atomic E-state index is 13.6. The van der Waals surface area contributed by atoms with Crippen LogP contribution >= 0.6 is 12.2 Å². The van der Waals surface area contributed by atoms with Gasteiger partial charge in [-0.1, -0.05) is 35.9 Å². The Morgan fingerprint density at radius 1 is 0.935 bits per heavy atom. The van der Waals surface area contributed by atoms with Crippen molar-refractivity contribution in [2.75, 3.05) is 10.0 Å². The van der Waals surface area contributed by atoms with E-state index in [1.807, 2.05) is 6.92 Å². The van der Waals surface area contributed by atoms with Gasteiger partial charge in [-0.3, -0.25) is 20.4 Å². The lowest BCUT2D eigenvalue weighted by atomic mass is 10.2. The largest absolute Gasteiger partial charge is 0.329 e. The number of thiocarbonyl (C=S) groups is 1. The Kier molecular flexibility index (Phi) is 6.83. The predicted molar refractivity (Wildman–Crippen MR) is 122 cm³/mol. The molecule has 7 nitrogen and oxygen atoms in total. The molecule has 1 amide bonds. The molecule has 0 bridgehead atoms. The number of nitrogens with one attached hydrogen (secondary N) is 4. The zero-order valence-corrected chi connectivity index (χ0v) is 18.0. The highest BCUT2D eigenvalue weighted by molar-refractivity contribution is 7.92. The van der Waals surface area contributed by atoms with Gasteiger partial charge in [-0.25, -0.2) is 12.8 Å². The Morgan fingerprint density at radius 2 is 1.65 bits per heavy atom. The molecule has 0 aromatic heterocycles. The summed E-state index contributed by atoms with van der Waals surface area (Å²) in [6.45, 7) is 1.86. The van der Waals surface area contributed by atoms with Gasteiger partial charge in [0.1, 0.15) is 5.82 Å². The first-order chi connectivity index (χ1) is 14.7. The van der Waals surface area contributed by atoms with Crippen molar-refractivity contribution < 1.29 is 17.6 Å². The quantitative estimate of drug-likeness (QED) is 0.345. The third kappa shape index (κ3) is 6.00. The number of sulfonamides is 1. The summed E-state index contributed by atoms with van der Waals surface area (Å²) in [5, 5.41) is 2.60. The smallest absolute Gasteiger partial charge is 0.269 e. The molecule has 3 aromatic rings. The second kappa shape index (κ2) is 9.54. The maximum atomic E-state index is 13.6. The number of aryl methyl sites for hydroxylation is 1. The van der Waals surface area contributed by atoms with E-state index in [4.69, 9.17) is 12.2 Å². The van der Waals surface area contributed by atoms with Gasteiger partial charge < -0.3 is 5.32 Å². The molecule has 0 spiro atoms. The van der Waals surface area contributed by atoms with Crippen LogP contribution in [0.3, 0.4) is 0 Å². The number of amides is 1. The highest BCUT2D eigenvalue weighted by Crippen LogP contribution is 2.18. The van der Waals surface area contributed by atoms with Crippen molar-refractivity contribution in [1.29, 1.82) is 0 Å². The SMILES string of the molecule is Cc1ccc(S(=O)(=O)Nc2cccc(C(=O)NNC(=S)Nc3ccccc3F)c2)cc1. The molecule has 4 N–H and O–H groups in total. The lowest BCUT2D eigenvalue weighted by Crippen LogP contribution is -2.43. The molecule has 0 unspecified atom stereocenters. The highest BCUT2D eigenvalue weighted by Gasteiger charge is 2.15. The molecule has 0 radical (unpaired) electrons. The van der Waals surface area contributed by atoms with Crippen LogP contribution in [-0.2, 0) is 10.0 Å². The number of halogens is 1. The van der Waals surface area contributed by atoms with Crippen LogP contribution in [0.2, 0.25) is 0 Å². The molecule has 0 aliphatic carbocycles. The van der Waals surface area contributed by atoms with E-state index in [0.717, 1.165) is 5.56 Å². The maximum Gasteiger partial charge on any atom is 0.269 e. The second-order valence-electron chi connectivity index (χ2n) is 6.51. The minimum atomic E-state index is -3.80. The van der Waals surface area contributed by atoms with Crippen LogP contribution in [0.1, 0.15) is 15.9 Å². The number of anilines is 2. The Hall–Kier alpha value is -3.50. The molecule has 0 aliphatic heterocycles. The first-order valence-corrected chi connectivity index (χ1v) is 11.0. The minimum absolute atomic E-state index is 0.0188. The molecule has 31 heavy (non-hydrogen) atoms. The minimum Gasteiger partial charge on any atom is -0.329 e. The molecule has 160 valence electrons. The second-order valence-corrected chi connectivity index (χ2v) is 8.60. The van der Waals surface area contributed by atoms with Gasteiger partial charge in [0, 0.05) is 11.3 Å². The Morgan fingerprint density at radius 3 is 2.35 bits per heavy atom. The first kappa shape index (κ1) is 22.2. The lowest BCUT2D eigenvalue weighted by molar-refractivity contribution is 0.0944. The van der Waals surface area contributed by atoms with E-state index in [1.165, 1.54) is 48.5 Å². The summed E-state index contributed by atoms with van der Waals surface area (Å²) in [7, 11) is -3.80. The molecular weight excluding hydrogens is 439 g/mol. The zero-order valence-electron chi connectivity index (χ0n) is 16.3. The summed E-state index contributed by atoms with van der Waals surface area (Å²) in [4.78, 5) is 12.5. The number of carbonyl (C=O) groups is 1. The Balaban J connectivity index is 1.62. The fourth-order valence-corrected chi connectivity index (χ4v) is 3.77. The van der Waals surface area contributed by atoms with E-state index >= 15 is 0 Å². The number of rotatable bonds is 5. The van der Waals surface area contributed by atoms with E-state index in [0.29, 0.717) is 0 Å². The normalized spacial score (nSPS) is 10.8. The molecule has 0 saturated heterocycles. The third-order valence-corrected chi connectivity index (χ3v) is 5.72. The van der Waals surface area contributed by atoms with Crippen LogP contribution in [0.25, 0.3) is 0 Å². The van der Waals surface area contributed by atoms with Gasteiger partial charge >= 0.3 is 0 Å². The summed E-state index contributed by atoms with van der Waals surface area (Å²) < 4.78 is 41.1. The van der Waals surface area contributed by atoms with Crippen molar-refractivity contribution in [1.82, 2.24) is 10.9 Å². The van der Waals surface area contributed by atoms with Crippen molar-refractivity contribution in [3.8, 4) is 0 Å². The van der Waals surface area contributed by atoms with Gasteiger partial charge in [0.15, 0.2) is 5.11 Å². The number of benzene rings is 3. The monoisotopic (exact) mass is 458 g/mol. The van der Waals surface area contributed by atoms with Gasteiger partial charge in [0.2, 0.25) is 0 Å². The molecule has 0 heterocycles.